The zero-order valence-corrected chi connectivity index (χ0v) is 14.7. The number of hydrogen-bond acceptors (Lipinski definition) is 7. The van der Waals surface area contributed by atoms with Crippen LogP contribution in [0.2, 0.25) is 0 Å². The van der Waals surface area contributed by atoms with Crippen LogP contribution in [0.15, 0.2) is 18.6 Å². The molecule has 0 aromatic carbocycles. The fourth-order valence-electron chi connectivity index (χ4n) is 2.05. The first-order valence-electron chi connectivity index (χ1n) is 7.70. The van der Waals surface area contributed by atoms with Crippen molar-refractivity contribution in [1.82, 2.24) is 9.55 Å². The summed E-state index contributed by atoms with van der Waals surface area (Å²) in [6, 6.07) is 1.72. The van der Waals surface area contributed by atoms with E-state index in [0.29, 0.717) is 10.6 Å². The average Bonchev–Trinajstić information content (AvgIpc) is 3.20. The van der Waals surface area contributed by atoms with Gasteiger partial charge in [0.25, 0.3) is 0 Å². The number of imidazole rings is 1. The number of carbonyl (C=O) groups excluding carboxylic acids is 2. The zero-order chi connectivity index (χ0) is 18.4. The van der Waals surface area contributed by atoms with Gasteiger partial charge in [-0.15, -0.1) is 11.3 Å². The number of hydrogen-bond donors (Lipinski definition) is 1. The molecule has 0 bridgehead atoms. The van der Waals surface area contributed by atoms with Crippen molar-refractivity contribution in [3.8, 4) is 0 Å². The van der Waals surface area contributed by atoms with Crippen molar-refractivity contribution in [3.63, 3.8) is 0 Å². The lowest BCUT2D eigenvalue weighted by Crippen LogP contribution is -2.15. The van der Waals surface area contributed by atoms with E-state index in [9.17, 15) is 19.7 Å². The molecule has 2 aromatic rings. The Balaban J connectivity index is 2.00. The Morgan fingerprint density at radius 3 is 2.80 bits per heavy atom. The third-order valence-corrected chi connectivity index (χ3v) is 4.48. The Hall–Kier alpha value is -2.75. The number of nitrogens with zero attached hydrogens (tertiary/aromatic N) is 3. The van der Waals surface area contributed by atoms with Gasteiger partial charge >= 0.3 is 11.8 Å². The highest BCUT2D eigenvalue weighted by molar-refractivity contribution is 7.16. The van der Waals surface area contributed by atoms with Crippen molar-refractivity contribution in [3.05, 3.63) is 39.1 Å². The normalized spacial score (nSPS) is 10.5. The highest BCUT2D eigenvalue weighted by atomic mass is 32.1. The average molecular weight is 366 g/mol. The Kier molecular flexibility index (Phi) is 6.23. The van der Waals surface area contributed by atoms with E-state index >= 15 is 0 Å². The van der Waals surface area contributed by atoms with Crippen molar-refractivity contribution in [2.24, 2.45) is 0 Å². The van der Waals surface area contributed by atoms with Crippen molar-refractivity contribution >= 4 is 34.0 Å². The van der Waals surface area contributed by atoms with Gasteiger partial charge in [-0.3, -0.25) is 4.79 Å². The minimum Gasteiger partial charge on any atom is -0.462 e. The van der Waals surface area contributed by atoms with Crippen LogP contribution >= 0.6 is 11.3 Å². The van der Waals surface area contributed by atoms with Crippen LogP contribution in [0.5, 0.6) is 0 Å². The predicted octanol–water partition coefficient (Wildman–Crippen LogP) is 2.62. The van der Waals surface area contributed by atoms with E-state index in [1.54, 1.807) is 13.0 Å². The van der Waals surface area contributed by atoms with E-state index in [4.69, 9.17) is 4.74 Å². The number of aryl methyl sites for hydroxylation is 2. The number of anilines is 1. The van der Waals surface area contributed by atoms with Crippen LogP contribution in [0.3, 0.4) is 0 Å². The minimum atomic E-state index is -0.597. The molecule has 2 aromatic heterocycles. The second-order valence-electron chi connectivity index (χ2n) is 5.05. The first-order valence-corrected chi connectivity index (χ1v) is 8.52. The van der Waals surface area contributed by atoms with Crippen molar-refractivity contribution in [2.75, 3.05) is 11.9 Å². The van der Waals surface area contributed by atoms with E-state index in [1.807, 2.05) is 6.92 Å². The number of aromatic nitrogens is 2. The maximum absolute atomic E-state index is 12.1. The fraction of sp³-hybridized carbons (Fsp3) is 0.400. The first-order chi connectivity index (χ1) is 11.9. The van der Waals surface area contributed by atoms with E-state index in [1.165, 1.54) is 28.4 Å². The molecule has 0 radical (unpaired) electrons. The molecule has 0 spiro atoms. The highest BCUT2D eigenvalue weighted by Gasteiger charge is 2.19. The standard InChI is InChI=1S/C15H18N4O5S/c1-3-10-7-11(15(21)24-4-2)14(25-10)17-13(20)5-6-18-8-12(16-9-18)19(22)23/h7-9H,3-6H2,1-2H3,(H,17,20). The van der Waals surface area contributed by atoms with Crippen LogP contribution in [0.4, 0.5) is 10.8 Å². The van der Waals surface area contributed by atoms with Crippen LogP contribution in [-0.2, 0) is 22.5 Å². The maximum Gasteiger partial charge on any atom is 0.381 e. The van der Waals surface area contributed by atoms with E-state index in [0.717, 1.165) is 11.3 Å². The largest absolute Gasteiger partial charge is 0.462 e. The summed E-state index contributed by atoms with van der Waals surface area (Å²) < 4.78 is 6.47. The molecular weight excluding hydrogens is 348 g/mol. The summed E-state index contributed by atoms with van der Waals surface area (Å²) in [7, 11) is 0. The molecule has 25 heavy (non-hydrogen) atoms. The number of thiophene rings is 1. The fourth-order valence-corrected chi connectivity index (χ4v) is 3.05. The number of ether oxygens (including phenoxy) is 1. The van der Waals surface area contributed by atoms with Crippen LogP contribution in [-0.4, -0.2) is 33.0 Å². The lowest BCUT2D eigenvalue weighted by Gasteiger charge is -2.06. The molecule has 0 saturated heterocycles. The summed E-state index contributed by atoms with van der Waals surface area (Å²) in [6.07, 6.45) is 3.40. The summed E-state index contributed by atoms with van der Waals surface area (Å²) in [5.41, 5.74) is 0.343. The molecular formula is C15H18N4O5S. The molecule has 2 heterocycles. The molecule has 134 valence electrons. The maximum atomic E-state index is 12.1. The van der Waals surface area contributed by atoms with Gasteiger partial charge in [0.1, 0.15) is 11.2 Å². The summed E-state index contributed by atoms with van der Waals surface area (Å²) in [4.78, 5) is 38.7. The topological polar surface area (TPSA) is 116 Å². The molecule has 0 fully saturated rings. The lowest BCUT2D eigenvalue weighted by molar-refractivity contribution is -0.389. The smallest absolute Gasteiger partial charge is 0.381 e. The Bertz CT molecular complexity index is 783. The molecule has 0 saturated carbocycles. The van der Waals surface area contributed by atoms with Crippen molar-refractivity contribution in [2.45, 2.75) is 33.2 Å². The number of esters is 1. The third kappa shape index (κ3) is 4.86. The number of rotatable bonds is 8. The Labute approximate surface area is 147 Å². The van der Waals surface area contributed by atoms with E-state index < -0.39 is 10.9 Å². The van der Waals surface area contributed by atoms with Gasteiger partial charge in [0, 0.05) is 17.8 Å². The first kappa shape index (κ1) is 18.6. The van der Waals surface area contributed by atoms with Gasteiger partial charge in [-0.1, -0.05) is 6.92 Å². The van der Waals surface area contributed by atoms with Gasteiger partial charge in [-0.2, -0.15) is 0 Å². The Morgan fingerprint density at radius 2 is 2.20 bits per heavy atom. The lowest BCUT2D eigenvalue weighted by atomic mass is 10.2. The SMILES string of the molecule is CCOC(=O)c1cc(CC)sc1NC(=O)CCn1cnc([N+](=O)[O-])c1. The van der Waals surface area contributed by atoms with Gasteiger partial charge in [-0.25, -0.2) is 4.79 Å². The molecule has 0 atom stereocenters. The molecule has 0 aliphatic carbocycles. The second kappa shape index (κ2) is 8.38. The molecule has 2 rings (SSSR count). The van der Waals surface area contributed by atoms with E-state index in [-0.39, 0.29) is 31.3 Å². The number of nitro groups is 1. The third-order valence-electron chi connectivity index (χ3n) is 3.28. The summed E-state index contributed by atoms with van der Waals surface area (Å²) in [6.45, 7) is 4.17. The summed E-state index contributed by atoms with van der Waals surface area (Å²) in [5, 5.41) is 13.8. The highest BCUT2D eigenvalue weighted by Crippen LogP contribution is 2.29. The second-order valence-corrected chi connectivity index (χ2v) is 6.19. The quantitative estimate of drug-likeness (QED) is 0.436. The van der Waals surface area contributed by atoms with E-state index in [2.05, 4.69) is 10.3 Å². The van der Waals surface area contributed by atoms with Gasteiger partial charge in [0.2, 0.25) is 12.2 Å². The van der Waals surface area contributed by atoms with Gasteiger partial charge in [-0.05, 0) is 29.3 Å². The molecule has 0 unspecified atom stereocenters. The predicted molar refractivity (Wildman–Crippen MR) is 91.8 cm³/mol. The van der Waals surface area contributed by atoms with Gasteiger partial charge in [0.05, 0.1) is 12.2 Å². The summed E-state index contributed by atoms with van der Waals surface area (Å²) in [5.74, 6) is -1.04. The summed E-state index contributed by atoms with van der Waals surface area (Å²) >= 11 is 1.33. The van der Waals surface area contributed by atoms with Crippen molar-refractivity contribution in [1.29, 1.82) is 0 Å². The van der Waals surface area contributed by atoms with Crippen LogP contribution in [0, 0.1) is 10.1 Å². The molecule has 10 heteroatoms. The molecule has 0 aliphatic rings. The van der Waals surface area contributed by atoms with Crippen molar-refractivity contribution < 1.29 is 19.2 Å². The molecule has 1 amide bonds. The number of carbonyl (C=O) groups is 2. The van der Waals surface area contributed by atoms with Crippen LogP contribution in [0.1, 0.15) is 35.5 Å². The zero-order valence-electron chi connectivity index (χ0n) is 13.9. The Morgan fingerprint density at radius 1 is 1.44 bits per heavy atom. The van der Waals surface area contributed by atoms with Crippen LogP contribution < -0.4 is 5.32 Å². The minimum absolute atomic E-state index is 0.0924. The molecule has 0 aliphatic heterocycles. The molecule has 9 nitrogen and oxygen atoms in total. The van der Waals surface area contributed by atoms with Gasteiger partial charge < -0.3 is 24.7 Å². The number of amides is 1. The molecule has 1 N–H and O–H groups in total. The van der Waals surface area contributed by atoms with Crippen LogP contribution in [0.25, 0.3) is 0 Å². The number of nitrogens with one attached hydrogen (secondary N) is 1. The van der Waals surface area contributed by atoms with Gasteiger partial charge in [0.15, 0.2) is 0 Å². The monoisotopic (exact) mass is 366 g/mol.